The summed E-state index contributed by atoms with van der Waals surface area (Å²) in [5.41, 5.74) is 0.824. The second-order valence-corrected chi connectivity index (χ2v) is 4.23. The summed E-state index contributed by atoms with van der Waals surface area (Å²) >= 11 is 0. The Bertz CT molecular complexity index is 384. The molecule has 4 N–H and O–H groups in total. The van der Waals surface area contributed by atoms with E-state index in [1.807, 2.05) is 0 Å². The zero-order valence-corrected chi connectivity index (χ0v) is 10.9. The number of benzene rings is 1. The van der Waals surface area contributed by atoms with Gasteiger partial charge in [-0.1, -0.05) is 6.07 Å². The van der Waals surface area contributed by atoms with Gasteiger partial charge in [-0.2, -0.15) is 0 Å². The molecule has 102 valence electrons. The third-order valence-corrected chi connectivity index (χ3v) is 3.15. The molecular formula is C12H19ClN2O3. The van der Waals surface area contributed by atoms with E-state index in [1.54, 1.807) is 6.07 Å². The van der Waals surface area contributed by atoms with Gasteiger partial charge in [0.1, 0.15) is 0 Å². The van der Waals surface area contributed by atoms with E-state index < -0.39 is 0 Å². The SMILES string of the molecule is Cl.OC[C@@H](c1ccc(O)c(O)c1)N1CCNCC1. The Morgan fingerprint density at radius 1 is 1.17 bits per heavy atom. The molecule has 1 aliphatic rings. The first-order chi connectivity index (χ1) is 8.22. The Kier molecular flexibility index (Phi) is 5.68. The zero-order valence-electron chi connectivity index (χ0n) is 10.0. The maximum atomic E-state index is 9.49. The van der Waals surface area contributed by atoms with Crippen molar-refractivity contribution in [1.29, 1.82) is 0 Å². The predicted molar refractivity (Wildman–Crippen MR) is 71.3 cm³/mol. The molecule has 0 spiro atoms. The van der Waals surface area contributed by atoms with Crippen LogP contribution in [0.2, 0.25) is 0 Å². The molecule has 6 heteroatoms. The largest absolute Gasteiger partial charge is 0.504 e. The van der Waals surface area contributed by atoms with Crippen molar-refractivity contribution in [3.8, 4) is 11.5 Å². The molecule has 5 nitrogen and oxygen atoms in total. The molecule has 18 heavy (non-hydrogen) atoms. The summed E-state index contributed by atoms with van der Waals surface area (Å²) in [6.07, 6.45) is 0. The van der Waals surface area contributed by atoms with Gasteiger partial charge in [0, 0.05) is 26.2 Å². The number of phenolic OH excluding ortho intramolecular Hbond substituents is 2. The lowest BCUT2D eigenvalue weighted by Gasteiger charge is -2.34. The molecule has 0 unspecified atom stereocenters. The lowest BCUT2D eigenvalue weighted by molar-refractivity contribution is 0.110. The van der Waals surface area contributed by atoms with Crippen LogP contribution in [0.25, 0.3) is 0 Å². The highest BCUT2D eigenvalue weighted by Crippen LogP contribution is 2.30. The number of aliphatic hydroxyl groups excluding tert-OH is 1. The molecule has 1 atom stereocenters. The highest BCUT2D eigenvalue weighted by atomic mass is 35.5. The number of phenols is 2. The molecule has 1 aromatic rings. The maximum absolute atomic E-state index is 9.49. The van der Waals surface area contributed by atoms with Crippen LogP contribution in [0.5, 0.6) is 11.5 Å². The minimum atomic E-state index is -0.143. The van der Waals surface area contributed by atoms with Crippen molar-refractivity contribution in [2.24, 2.45) is 0 Å². The molecule has 2 rings (SSSR count). The number of halogens is 1. The Morgan fingerprint density at radius 2 is 1.83 bits per heavy atom. The predicted octanol–water partition coefficient (Wildman–Crippen LogP) is 0.458. The number of hydrogen-bond donors (Lipinski definition) is 4. The molecule has 0 aromatic heterocycles. The second-order valence-electron chi connectivity index (χ2n) is 4.23. The van der Waals surface area contributed by atoms with Crippen molar-refractivity contribution in [2.45, 2.75) is 6.04 Å². The number of rotatable bonds is 3. The average molecular weight is 275 g/mol. The fraction of sp³-hybridized carbons (Fsp3) is 0.500. The van der Waals surface area contributed by atoms with Crippen LogP contribution in [0.4, 0.5) is 0 Å². The summed E-state index contributed by atoms with van der Waals surface area (Å²) in [6, 6.07) is 4.58. The van der Waals surface area contributed by atoms with E-state index in [0.717, 1.165) is 31.7 Å². The van der Waals surface area contributed by atoms with E-state index in [4.69, 9.17) is 0 Å². The fourth-order valence-electron chi connectivity index (χ4n) is 2.17. The van der Waals surface area contributed by atoms with Crippen LogP contribution in [-0.2, 0) is 0 Å². The van der Waals surface area contributed by atoms with Crippen molar-refractivity contribution >= 4 is 12.4 Å². The standard InChI is InChI=1S/C12H18N2O3.ClH/c15-8-10(14-5-3-13-4-6-14)9-1-2-11(16)12(17)7-9;/h1-2,7,10,13,15-17H,3-6,8H2;1H/t10-;/m0./s1. The number of hydrogen-bond acceptors (Lipinski definition) is 5. The van der Waals surface area contributed by atoms with E-state index >= 15 is 0 Å². The van der Waals surface area contributed by atoms with Gasteiger partial charge in [-0.05, 0) is 17.7 Å². The summed E-state index contributed by atoms with van der Waals surface area (Å²) in [5, 5.41) is 31.5. The first kappa shape index (κ1) is 15.0. The van der Waals surface area contributed by atoms with Crippen LogP contribution >= 0.6 is 12.4 Å². The van der Waals surface area contributed by atoms with Crippen LogP contribution in [0.15, 0.2) is 18.2 Å². The van der Waals surface area contributed by atoms with Crippen molar-refractivity contribution in [3.05, 3.63) is 23.8 Å². The molecule has 1 fully saturated rings. The van der Waals surface area contributed by atoms with Gasteiger partial charge < -0.3 is 20.6 Å². The van der Waals surface area contributed by atoms with E-state index in [9.17, 15) is 15.3 Å². The summed E-state index contributed by atoms with van der Waals surface area (Å²) in [4.78, 5) is 2.17. The Balaban J connectivity index is 0.00000162. The molecule has 0 aliphatic carbocycles. The van der Waals surface area contributed by atoms with Crippen molar-refractivity contribution < 1.29 is 15.3 Å². The third kappa shape index (κ3) is 3.26. The minimum absolute atomic E-state index is 0. The molecule has 0 saturated carbocycles. The lowest BCUT2D eigenvalue weighted by atomic mass is 10.0. The third-order valence-electron chi connectivity index (χ3n) is 3.15. The van der Waals surface area contributed by atoms with Crippen LogP contribution in [-0.4, -0.2) is 53.0 Å². The minimum Gasteiger partial charge on any atom is -0.504 e. The van der Waals surface area contributed by atoms with Crippen molar-refractivity contribution in [2.75, 3.05) is 32.8 Å². The highest BCUT2D eigenvalue weighted by Gasteiger charge is 2.22. The molecule has 0 bridgehead atoms. The summed E-state index contributed by atoms with van der Waals surface area (Å²) in [5.74, 6) is -0.276. The smallest absolute Gasteiger partial charge is 0.157 e. The number of nitrogens with zero attached hydrogens (tertiary/aromatic N) is 1. The summed E-state index contributed by atoms with van der Waals surface area (Å²) < 4.78 is 0. The van der Waals surface area contributed by atoms with Gasteiger partial charge in [-0.15, -0.1) is 12.4 Å². The Labute approximate surface area is 112 Å². The molecule has 1 heterocycles. The highest BCUT2D eigenvalue weighted by molar-refractivity contribution is 5.85. The molecule has 1 aromatic carbocycles. The average Bonchev–Trinajstić information content (AvgIpc) is 2.36. The van der Waals surface area contributed by atoms with Gasteiger partial charge in [-0.25, -0.2) is 0 Å². The topological polar surface area (TPSA) is 76.0 Å². The van der Waals surface area contributed by atoms with Crippen molar-refractivity contribution in [3.63, 3.8) is 0 Å². The van der Waals surface area contributed by atoms with E-state index in [0.29, 0.717) is 0 Å². The Hall–Kier alpha value is -1.01. The normalized spacial score (nSPS) is 18.1. The monoisotopic (exact) mass is 274 g/mol. The lowest BCUT2D eigenvalue weighted by Crippen LogP contribution is -2.46. The van der Waals surface area contributed by atoms with Gasteiger partial charge in [0.05, 0.1) is 12.6 Å². The summed E-state index contributed by atoms with van der Waals surface area (Å²) in [7, 11) is 0. The van der Waals surface area contributed by atoms with Crippen LogP contribution in [0, 0.1) is 0 Å². The number of piperazine rings is 1. The molecule has 1 saturated heterocycles. The van der Waals surface area contributed by atoms with E-state index in [1.165, 1.54) is 12.1 Å². The molecule has 0 radical (unpaired) electrons. The Morgan fingerprint density at radius 3 is 2.39 bits per heavy atom. The van der Waals surface area contributed by atoms with E-state index in [2.05, 4.69) is 10.2 Å². The van der Waals surface area contributed by atoms with Crippen LogP contribution in [0.3, 0.4) is 0 Å². The first-order valence-corrected chi connectivity index (χ1v) is 5.80. The molecule has 0 amide bonds. The fourth-order valence-corrected chi connectivity index (χ4v) is 2.17. The van der Waals surface area contributed by atoms with Gasteiger partial charge in [0.2, 0.25) is 0 Å². The number of aromatic hydroxyl groups is 2. The molecule has 1 aliphatic heterocycles. The van der Waals surface area contributed by atoms with Crippen LogP contribution in [0.1, 0.15) is 11.6 Å². The van der Waals surface area contributed by atoms with Gasteiger partial charge >= 0.3 is 0 Å². The van der Waals surface area contributed by atoms with Gasteiger partial charge in [0.15, 0.2) is 11.5 Å². The summed E-state index contributed by atoms with van der Waals surface area (Å²) in [6.45, 7) is 3.55. The quantitative estimate of drug-likeness (QED) is 0.603. The van der Waals surface area contributed by atoms with Gasteiger partial charge in [-0.3, -0.25) is 4.90 Å². The van der Waals surface area contributed by atoms with Crippen molar-refractivity contribution in [1.82, 2.24) is 10.2 Å². The van der Waals surface area contributed by atoms with Crippen LogP contribution < -0.4 is 5.32 Å². The first-order valence-electron chi connectivity index (χ1n) is 5.80. The molecular weight excluding hydrogens is 256 g/mol. The number of aliphatic hydroxyl groups is 1. The van der Waals surface area contributed by atoms with Gasteiger partial charge in [0.25, 0.3) is 0 Å². The second kappa shape index (κ2) is 6.80. The zero-order chi connectivity index (χ0) is 12.3. The maximum Gasteiger partial charge on any atom is 0.157 e. The van der Waals surface area contributed by atoms with E-state index in [-0.39, 0.29) is 36.6 Å². The number of nitrogens with one attached hydrogen (secondary N) is 1.